The standard InChI is InChI=1S/C20H22N2O4/c1-12-7-13(2)9-14(8-12)21-16-11-19(23)22(20(16)24)15-5-6-17(25-3)18(10-15)26-4/h5-10,16,21H,11H2,1-4H3/t16-/m0/s1. The summed E-state index contributed by atoms with van der Waals surface area (Å²) in [5.74, 6) is 0.488. The Kier molecular flexibility index (Phi) is 4.84. The molecule has 0 aromatic heterocycles. The second kappa shape index (κ2) is 7.07. The van der Waals surface area contributed by atoms with Gasteiger partial charge < -0.3 is 14.8 Å². The Morgan fingerprint density at radius 3 is 2.23 bits per heavy atom. The summed E-state index contributed by atoms with van der Waals surface area (Å²) in [7, 11) is 3.05. The van der Waals surface area contributed by atoms with Crippen molar-refractivity contribution in [3.8, 4) is 11.5 Å². The quantitative estimate of drug-likeness (QED) is 0.836. The maximum Gasteiger partial charge on any atom is 0.256 e. The highest BCUT2D eigenvalue weighted by molar-refractivity contribution is 6.23. The van der Waals surface area contributed by atoms with E-state index in [0.29, 0.717) is 17.2 Å². The number of benzene rings is 2. The number of imide groups is 1. The molecular formula is C20H22N2O4. The number of hydrogen-bond donors (Lipinski definition) is 1. The van der Waals surface area contributed by atoms with Gasteiger partial charge in [0.2, 0.25) is 5.91 Å². The van der Waals surface area contributed by atoms with Crippen LogP contribution in [0.4, 0.5) is 11.4 Å². The van der Waals surface area contributed by atoms with Crippen molar-refractivity contribution in [2.24, 2.45) is 0 Å². The van der Waals surface area contributed by atoms with E-state index in [-0.39, 0.29) is 18.2 Å². The lowest BCUT2D eigenvalue weighted by Gasteiger charge is -2.18. The largest absolute Gasteiger partial charge is 0.493 e. The molecular weight excluding hydrogens is 332 g/mol. The van der Waals surface area contributed by atoms with Gasteiger partial charge in [0.1, 0.15) is 6.04 Å². The lowest BCUT2D eigenvalue weighted by Crippen LogP contribution is -2.34. The Balaban J connectivity index is 1.85. The molecule has 0 radical (unpaired) electrons. The SMILES string of the molecule is COc1ccc(N2C(=O)C[C@H](Nc3cc(C)cc(C)c3)C2=O)cc1OC. The fourth-order valence-corrected chi connectivity index (χ4v) is 3.24. The van der Waals surface area contributed by atoms with Gasteiger partial charge in [0.05, 0.1) is 26.3 Å². The third-order valence-corrected chi connectivity index (χ3v) is 4.33. The molecule has 1 aliphatic heterocycles. The summed E-state index contributed by atoms with van der Waals surface area (Å²) in [6, 6.07) is 10.4. The van der Waals surface area contributed by atoms with Gasteiger partial charge in [0, 0.05) is 11.8 Å². The molecule has 1 heterocycles. The lowest BCUT2D eigenvalue weighted by molar-refractivity contribution is -0.121. The predicted molar refractivity (Wildman–Crippen MR) is 100.0 cm³/mol. The number of anilines is 2. The number of carbonyl (C=O) groups is 2. The molecule has 1 saturated heterocycles. The first kappa shape index (κ1) is 17.8. The van der Waals surface area contributed by atoms with Crippen LogP contribution in [0.15, 0.2) is 36.4 Å². The maximum atomic E-state index is 12.8. The molecule has 136 valence electrons. The monoisotopic (exact) mass is 354 g/mol. The number of amides is 2. The third-order valence-electron chi connectivity index (χ3n) is 4.33. The minimum atomic E-state index is -0.586. The molecule has 1 N–H and O–H groups in total. The summed E-state index contributed by atoms with van der Waals surface area (Å²) in [4.78, 5) is 26.5. The highest BCUT2D eigenvalue weighted by Crippen LogP contribution is 2.34. The zero-order valence-corrected chi connectivity index (χ0v) is 15.3. The van der Waals surface area contributed by atoms with Crippen molar-refractivity contribution in [3.05, 3.63) is 47.5 Å². The maximum absolute atomic E-state index is 12.8. The molecule has 1 atom stereocenters. The smallest absolute Gasteiger partial charge is 0.256 e. The Morgan fingerprint density at radius 1 is 0.962 bits per heavy atom. The van der Waals surface area contributed by atoms with Crippen LogP contribution in [0.5, 0.6) is 11.5 Å². The Labute approximate surface area is 152 Å². The normalized spacial score (nSPS) is 16.8. The third kappa shape index (κ3) is 3.35. The molecule has 0 bridgehead atoms. The first-order chi connectivity index (χ1) is 12.4. The molecule has 6 heteroatoms. The average Bonchev–Trinajstić information content (AvgIpc) is 2.87. The molecule has 26 heavy (non-hydrogen) atoms. The van der Waals surface area contributed by atoms with Crippen molar-refractivity contribution in [2.45, 2.75) is 26.3 Å². The molecule has 0 spiro atoms. The minimum absolute atomic E-state index is 0.111. The number of nitrogens with zero attached hydrogens (tertiary/aromatic N) is 1. The van der Waals surface area contributed by atoms with Crippen LogP contribution in [0.2, 0.25) is 0 Å². The van der Waals surface area contributed by atoms with Gasteiger partial charge in [-0.15, -0.1) is 0 Å². The molecule has 0 aliphatic carbocycles. The predicted octanol–water partition coefficient (Wildman–Crippen LogP) is 3.06. The number of aryl methyl sites for hydroxylation is 2. The summed E-state index contributed by atoms with van der Waals surface area (Å²) < 4.78 is 10.5. The molecule has 0 unspecified atom stereocenters. The van der Waals surface area contributed by atoms with Gasteiger partial charge in [0.25, 0.3) is 5.91 Å². The molecule has 2 amide bonds. The van der Waals surface area contributed by atoms with Gasteiger partial charge in [-0.25, -0.2) is 4.90 Å². The molecule has 1 fully saturated rings. The Morgan fingerprint density at radius 2 is 1.62 bits per heavy atom. The molecule has 1 aliphatic rings. The molecule has 2 aromatic rings. The van der Waals surface area contributed by atoms with Gasteiger partial charge in [-0.3, -0.25) is 9.59 Å². The van der Waals surface area contributed by atoms with Crippen molar-refractivity contribution in [1.82, 2.24) is 0 Å². The summed E-state index contributed by atoms with van der Waals surface area (Å²) in [5, 5.41) is 3.19. The second-order valence-electron chi connectivity index (χ2n) is 6.38. The van der Waals surface area contributed by atoms with E-state index in [0.717, 1.165) is 16.8 Å². The van der Waals surface area contributed by atoms with E-state index in [2.05, 4.69) is 11.4 Å². The van der Waals surface area contributed by atoms with E-state index in [4.69, 9.17) is 9.47 Å². The second-order valence-corrected chi connectivity index (χ2v) is 6.38. The van der Waals surface area contributed by atoms with Crippen molar-refractivity contribution >= 4 is 23.2 Å². The first-order valence-corrected chi connectivity index (χ1v) is 8.36. The van der Waals surface area contributed by atoms with E-state index >= 15 is 0 Å². The molecule has 3 rings (SSSR count). The summed E-state index contributed by atoms with van der Waals surface area (Å²) in [5.41, 5.74) is 3.51. The van der Waals surface area contributed by atoms with Crippen molar-refractivity contribution in [1.29, 1.82) is 0 Å². The fourth-order valence-electron chi connectivity index (χ4n) is 3.24. The van der Waals surface area contributed by atoms with Gasteiger partial charge in [-0.1, -0.05) is 6.07 Å². The highest BCUT2D eigenvalue weighted by Gasteiger charge is 2.39. The average molecular weight is 354 g/mol. The summed E-state index contributed by atoms with van der Waals surface area (Å²) in [6.07, 6.45) is 0.111. The van der Waals surface area contributed by atoms with E-state index in [9.17, 15) is 9.59 Å². The van der Waals surface area contributed by atoms with E-state index in [1.807, 2.05) is 26.0 Å². The zero-order valence-electron chi connectivity index (χ0n) is 15.3. The molecule has 0 saturated carbocycles. The van der Waals surface area contributed by atoms with Crippen molar-refractivity contribution in [3.63, 3.8) is 0 Å². The van der Waals surface area contributed by atoms with E-state index in [1.54, 1.807) is 18.2 Å². The van der Waals surface area contributed by atoms with Crippen molar-refractivity contribution < 1.29 is 19.1 Å². The van der Waals surface area contributed by atoms with Gasteiger partial charge in [-0.2, -0.15) is 0 Å². The Hall–Kier alpha value is -3.02. The van der Waals surface area contributed by atoms with Gasteiger partial charge >= 0.3 is 0 Å². The van der Waals surface area contributed by atoms with Crippen LogP contribution in [-0.4, -0.2) is 32.1 Å². The number of methoxy groups -OCH3 is 2. The van der Waals surface area contributed by atoms with Crippen LogP contribution in [0.25, 0.3) is 0 Å². The number of ether oxygens (including phenoxy) is 2. The van der Waals surface area contributed by atoms with Crippen LogP contribution in [-0.2, 0) is 9.59 Å². The zero-order chi connectivity index (χ0) is 18.8. The van der Waals surface area contributed by atoms with Crippen molar-refractivity contribution in [2.75, 3.05) is 24.4 Å². The number of hydrogen-bond acceptors (Lipinski definition) is 5. The fraction of sp³-hybridized carbons (Fsp3) is 0.300. The van der Waals surface area contributed by atoms with Crippen LogP contribution in [0.3, 0.4) is 0 Å². The van der Waals surface area contributed by atoms with Crippen LogP contribution in [0.1, 0.15) is 17.5 Å². The minimum Gasteiger partial charge on any atom is -0.493 e. The van der Waals surface area contributed by atoms with Crippen LogP contribution in [0, 0.1) is 13.8 Å². The highest BCUT2D eigenvalue weighted by atomic mass is 16.5. The Bertz CT molecular complexity index is 843. The molecule has 2 aromatic carbocycles. The van der Waals surface area contributed by atoms with Gasteiger partial charge in [-0.05, 0) is 49.2 Å². The number of carbonyl (C=O) groups excluding carboxylic acids is 2. The first-order valence-electron chi connectivity index (χ1n) is 8.36. The number of nitrogens with one attached hydrogen (secondary N) is 1. The molecule has 6 nitrogen and oxygen atoms in total. The van der Waals surface area contributed by atoms with E-state index < -0.39 is 6.04 Å². The van der Waals surface area contributed by atoms with Crippen LogP contribution >= 0.6 is 0 Å². The topological polar surface area (TPSA) is 67.9 Å². The van der Waals surface area contributed by atoms with Crippen LogP contribution < -0.4 is 19.7 Å². The lowest BCUT2D eigenvalue weighted by atomic mass is 10.1. The summed E-state index contributed by atoms with van der Waals surface area (Å²) >= 11 is 0. The summed E-state index contributed by atoms with van der Waals surface area (Å²) in [6.45, 7) is 3.99. The van der Waals surface area contributed by atoms with E-state index in [1.165, 1.54) is 19.1 Å². The number of rotatable bonds is 5. The van der Waals surface area contributed by atoms with Gasteiger partial charge in [0.15, 0.2) is 11.5 Å².